The molecule has 2 aromatic carbocycles. The molecule has 1 aliphatic heterocycles. The summed E-state index contributed by atoms with van der Waals surface area (Å²) >= 11 is 5.20. The Balaban J connectivity index is 2.08. The molecule has 1 heterocycles. The van der Waals surface area contributed by atoms with Gasteiger partial charge in [-0.2, -0.15) is 0 Å². The van der Waals surface area contributed by atoms with E-state index in [1.807, 2.05) is 18.2 Å². The molecular formula is C13H8BrNO2S. The molecule has 0 fully saturated rings. The molecule has 2 aromatic rings. The van der Waals surface area contributed by atoms with Crippen molar-refractivity contribution in [2.75, 3.05) is 0 Å². The predicted molar refractivity (Wildman–Crippen MR) is 74.2 cm³/mol. The predicted octanol–water partition coefficient (Wildman–Crippen LogP) is 4.41. The van der Waals surface area contributed by atoms with E-state index >= 15 is 0 Å². The third-order valence-corrected chi connectivity index (χ3v) is 5.12. The zero-order valence-corrected chi connectivity index (χ0v) is 11.6. The number of nitro benzene ring substituents is 1. The van der Waals surface area contributed by atoms with Gasteiger partial charge in [-0.15, -0.1) is 0 Å². The zero-order chi connectivity index (χ0) is 12.7. The van der Waals surface area contributed by atoms with Crippen molar-refractivity contribution in [1.29, 1.82) is 0 Å². The number of hydrogen-bond donors (Lipinski definition) is 0. The van der Waals surface area contributed by atoms with Crippen LogP contribution in [0.3, 0.4) is 0 Å². The van der Waals surface area contributed by atoms with Crippen LogP contribution in [0.5, 0.6) is 0 Å². The highest BCUT2D eigenvalue weighted by molar-refractivity contribution is 9.10. The molecule has 90 valence electrons. The summed E-state index contributed by atoms with van der Waals surface area (Å²) in [5.74, 6) is 0. The Morgan fingerprint density at radius 3 is 2.83 bits per heavy atom. The fraction of sp³-hybridized carbons (Fsp3) is 0.0769. The highest BCUT2D eigenvalue weighted by atomic mass is 79.9. The normalized spacial score (nSPS) is 12.7. The molecule has 0 atom stereocenters. The van der Waals surface area contributed by atoms with E-state index in [0.717, 1.165) is 21.4 Å². The molecule has 5 heteroatoms. The summed E-state index contributed by atoms with van der Waals surface area (Å²) in [5.41, 5.74) is 2.40. The van der Waals surface area contributed by atoms with Crippen LogP contribution < -0.4 is 0 Å². The molecule has 0 aliphatic carbocycles. The Labute approximate surface area is 116 Å². The number of nitrogens with zero attached hydrogens (tertiary/aromatic N) is 1. The van der Waals surface area contributed by atoms with Gasteiger partial charge in [0, 0.05) is 26.4 Å². The second-order valence-corrected chi connectivity index (χ2v) is 5.96. The van der Waals surface area contributed by atoms with Gasteiger partial charge in [0.15, 0.2) is 0 Å². The Morgan fingerprint density at radius 1 is 1.22 bits per heavy atom. The number of nitro groups is 1. The zero-order valence-electron chi connectivity index (χ0n) is 9.22. The number of halogens is 1. The van der Waals surface area contributed by atoms with Crippen LogP contribution in [-0.2, 0) is 6.42 Å². The minimum atomic E-state index is -0.346. The van der Waals surface area contributed by atoms with Gasteiger partial charge in [-0.05, 0) is 45.6 Å². The molecule has 0 amide bonds. The molecule has 0 saturated carbocycles. The average Bonchev–Trinajstić information content (AvgIpc) is 2.36. The lowest BCUT2D eigenvalue weighted by molar-refractivity contribution is -0.385. The first-order valence-corrected chi connectivity index (χ1v) is 6.98. The highest BCUT2D eigenvalue weighted by Gasteiger charge is 2.20. The van der Waals surface area contributed by atoms with Gasteiger partial charge in [-0.25, -0.2) is 0 Å². The lowest BCUT2D eigenvalue weighted by atomic mass is 10.0. The van der Waals surface area contributed by atoms with Gasteiger partial charge in [0.05, 0.1) is 4.92 Å². The van der Waals surface area contributed by atoms with E-state index in [4.69, 9.17) is 0 Å². The van der Waals surface area contributed by atoms with Gasteiger partial charge in [0.25, 0.3) is 5.69 Å². The van der Waals surface area contributed by atoms with Gasteiger partial charge in [-0.3, -0.25) is 10.1 Å². The van der Waals surface area contributed by atoms with E-state index in [1.54, 1.807) is 23.9 Å². The standard InChI is InChI=1S/C13H8BrNO2S/c14-11-3-1-2-8-6-9-7-10(15(16)17)4-5-12(9)18-13(8)11/h1-5,7H,6H2. The van der Waals surface area contributed by atoms with Crippen molar-refractivity contribution < 1.29 is 4.92 Å². The van der Waals surface area contributed by atoms with Gasteiger partial charge >= 0.3 is 0 Å². The van der Waals surface area contributed by atoms with Crippen molar-refractivity contribution in [1.82, 2.24) is 0 Å². The molecule has 1 aliphatic rings. The topological polar surface area (TPSA) is 43.1 Å². The number of fused-ring (bicyclic) bond motifs is 2. The molecule has 0 aromatic heterocycles. The lowest BCUT2D eigenvalue weighted by Crippen LogP contribution is -2.01. The van der Waals surface area contributed by atoms with Crippen LogP contribution in [0.2, 0.25) is 0 Å². The average molecular weight is 322 g/mol. The molecule has 0 unspecified atom stereocenters. The maximum absolute atomic E-state index is 10.8. The summed E-state index contributed by atoms with van der Waals surface area (Å²) in [6.07, 6.45) is 0.749. The maximum Gasteiger partial charge on any atom is 0.269 e. The first-order valence-electron chi connectivity index (χ1n) is 5.38. The van der Waals surface area contributed by atoms with Gasteiger partial charge < -0.3 is 0 Å². The monoisotopic (exact) mass is 321 g/mol. The van der Waals surface area contributed by atoms with Crippen LogP contribution in [0.15, 0.2) is 50.7 Å². The number of benzene rings is 2. The van der Waals surface area contributed by atoms with E-state index in [9.17, 15) is 10.1 Å². The Kier molecular flexibility index (Phi) is 2.87. The molecule has 0 bridgehead atoms. The Morgan fingerprint density at radius 2 is 2.06 bits per heavy atom. The van der Waals surface area contributed by atoms with Crippen LogP contribution >= 0.6 is 27.7 Å². The van der Waals surface area contributed by atoms with E-state index in [-0.39, 0.29) is 10.6 Å². The maximum atomic E-state index is 10.8. The first kappa shape index (κ1) is 11.7. The van der Waals surface area contributed by atoms with Crippen molar-refractivity contribution in [3.05, 3.63) is 62.1 Å². The largest absolute Gasteiger partial charge is 0.269 e. The van der Waals surface area contributed by atoms with Crippen molar-refractivity contribution in [2.24, 2.45) is 0 Å². The molecule has 0 N–H and O–H groups in total. The van der Waals surface area contributed by atoms with Gasteiger partial charge in [-0.1, -0.05) is 23.9 Å². The van der Waals surface area contributed by atoms with Crippen LogP contribution in [0.25, 0.3) is 0 Å². The summed E-state index contributed by atoms with van der Waals surface area (Å²) in [6, 6.07) is 11.1. The molecule has 0 saturated heterocycles. The van der Waals surface area contributed by atoms with Gasteiger partial charge in [0.1, 0.15) is 0 Å². The lowest BCUT2D eigenvalue weighted by Gasteiger charge is -2.19. The van der Waals surface area contributed by atoms with E-state index in [1.165, 1.54) is 10.5 Å². The third-order valence-electron chi connectivity index (χ3n) is 2.90. The Hall–Kier alpha value is -1.33. The van der Waals surface area contributed by atoms with Crippen molar-refractivity contribution in [3.8, 4) is 0 Å². The molecule has 18 heavy (non-hydrogen) atoms. The van der Waals surface area contributed by atoms with Crippen molar-refractivity contribution in [2.45, 2.75) is 16.2 Å². The van der Waals surface area contributed by atoms with Gasteiger partial charge in [0.2, 0.25) is 0 Å². The molecule has 0 radical (unpaired) electrons. The minimum Gasteiger partial charge on any atom is -0.258 e. The van der Waals surface area contributed by atoms with Crippen molar-refractivity contribution in [3.63, 3.8) is 0 Å². The molecule has 3 nitrogen and oxygen atoms in total. The third kappa shape index (κ3) is 1.93. The second kappa shape index (κ2) is 4.40. The van der Waals surface area contributed by atoms with Crippen LogP contribution in [0, 0.1) is 10.1 Å². The summed E-state index contributed by atoms with van der Waals surface area (Å²) < 4.78 is 1.08. The number of rotatable bonds is 1. The minimum absolute atomic E-state index is 0.160. The SMILES string of the molecule is O=[N+]([O-])c1ccc2c(c1)Cc1cccc(Br)c1S2. The molecular weight excluding hydrogens is 314 g/mol. The first-order chi connectivity index (χ1) is 8.65. The Bertz CT molecular complexity index is 657. The fourth-order valence-electron chi connectivity index (χ4n) is 2.04. The van der Waals surface area contributed by atoms with Crippen LogP contribution in [-0.4, -0.2) is 4.92 Å². The van der Waals surface area contributed by atoms with Crippen molar-refractivity contribution >= 4 is 33.4 Å². The quantitative estimate of drug-likeness (QED) is 0.492. The summed E-state index contributed by atoms with van der Waals surface area (Å²) in [7, 11) is 0. The fourth-order valence-corrected chi connectivity index (χ4v) is 3.74. The second-order valence-electron chi connectivity index (χ2n) is 4.06. The summed E-state index contributed by atoms with van der Waals surface area (Å²) in [4.78, 5) is 12.7. The van der Waals surface area contributed by atoms with Crippen LogP contribution in [0.4, 0.5) is 5.69 Å². The molecule has 0 spiro atoms. The number of non-ortho nitro benzene ring substituents is 1. The summed E-state index contributed by atoms with van der Waals surface area (Å²) in [6.45, 7) is 0. The summed E-state index contributed by atoms with van der Waals surface area (Å²) in [5, 5.41) is 10.8. The van der Waals surface area contributed by atoms with E-state index in [0.29, 0.717) is 0 Å². The van der Waals surface area contributed by atoms with E-state index in [2.05, 4.69) is 22.0 Å². The van der Waals surface area contributed by atoms with E-state index < -0.39 is 0 Å². The number of hydrogen-bond acceptors (Lipinski definition) is 3. The highest BCUT2D eigenvalue weighted by Crippen LogP contribution is 2.43. The molecule has 3 rings (SSSR count). The smallest absolute Gasteiger partial charge is 0.258 e. The van der Waals surface area contributed by atoms with Crippen LogP contribution in [0.1, 0.15) is 11.1 Å².